The predicted molar refractivity (Wildman–Crippen MR) is 78.3 cm³/mol. The van der Waals surface area contributed by atoms with Gasteiger partial charge in [0.2, 0.25) is 0 Å². The third kappa shape index (κ3) is 3.85. The summed E-state index contributed by atoms with van der Waals surface area (Å²) in [4.78, 5) is 12.0. The Bertz CT molecular complexity index is 666. The maximum Gasteiger partial charge on any atom is 0.416 e. The van der Waals surface area contributed by atoms with Crippen molar-refractivity contribution >= 4 is 27.5 Å². The molecule has 1 amide bonds. The Morgan fingerprint density at radius 1 is 1.10 bits per heavy atom. The minimum atomic E-state index is -4.41. The van der Waals surface area contributed by atoms with E-state index in [9.17, 15) is 18.0 Å². The van der Waals surface area contributed by atoms with E-state index in [2.05, 4.69) is 21.2 Å². The van der Waals surface area contributed by atoms with Crippen LogP contribution in [-0.4, -0.2) is 5.91 Å². The number of anilines is 1. The second-order valence-corrected chi connectivity index (χ2v) is 5.40. The molecule has 0 spiro atoms. The lowest BCUT2D eigenvalue weighted by molar-refractivity contribution is -0.137. The molecular weight excluding hydrogens is 347 g/mol. The van der Waals surface area contributed by atoms with Crippen LogP contribution in [0, 0.1) is 6.92 Å². The molecular formula is C15H11BrF3NO. The van der Waals surface area contributed by atoms with Crippen LogP contribution in [0.3, 0.4) is 0 Å². The molecule has 1 N–H and O–H groups in total. The topological polar surface area (TPSA) is 29.1 Å². The van der Waals surface area contributed by atoms with Gasteiger partial charge < -0.3 is 5.32 Å². The maximum atomic E-state index is 12.5. The first-order valence-electron chi connectivity index (χ1n) is 6.02. The number of hydrogen-bond acceptors (Lipinski definition) is 1. The summed E-state index contributed by atoms with van der Waals surface area (Å²) < 4.78 is 38.2. The standard InChI is InChI=1S/C15H11BrF3NO/c1-9-8-12(16)6-7-13(9)20-14(21)10-2-4-11(5-3-10)15(17,18)19/h2-8H,1H3,(H,20,21). The van der Waals surface area contributed by atoms with Crippen molar-refractivity contribution < 1.29 is 18.0 Å². The fraction of sp³-hybridized carbons (Fsp3) is 0.133. The van der Waals surface area contributed by atoms with E-state index >= 15 is 0 Å². The number of aryl methyl sites for hydroxylation is 1. The molecule has 0 saturated carbocycles. The van der Waals surface area contributed by atoms with Crippen molar-refractivity contribution in [3.05, 3.63) is 63.6 Å². The van der Waals surface area contributed by atoms with Crippen molar-refractivity contribution in [3.8, 4) is 0 Å². The van der Waals surface area contributed by atoms with Gasteiger partial charge in [-0.3, -0.25) is 4.79 Å². The molecule has 0 fully saturated rings. The number of amides is 1. The lowest BCUT2D eigenvalue weighted by Crippen LogP contribution is -2.13. The van der Waals surface area contributed by atoms with Crippen LogP contribution in [0.25, 0.3) is 0 Å². The normalized spacial score (nSPS) is 11.3. The van der Waals surface area contributed by atoms with Crippen molar-refractivity contribution in [2.24, 2.45) is 0 Å². The number of halogens is 4. The second-order valence-electron chi connectivity index (χ2n) is 4.49. The van der Waals surface area contributed by atoms with E-state index in [4.69, 9.17) is 0 Å². The lowest BCUT2D eigenvalue weighted by Gasteiger charge is -2.10. The Labute approximate surface area is 128 Å². The number of rotatable bonds is 2. The zero-order valence-corrected chi connectivity index (χ0v) is 12.5. The van der Waals surface area contributed by atoms with E-state index in [0.717, 1.165) is 34.3 Å². The van der Waals surface area contributed by atoms with E-state index in [1.54, 1.807) is 12.1 Å². The Hall–Kier alpha value is -1.82. The Morgan fingerprint density at radius 3 is 2.24 bits per heavy atom. The minimum Gasteiger partial charge on any atom is -0.322 e. The van der Waals surface area contributed by atoms with E-state index in [1.807, 2.05) is 13.0 Å². The zero-order valence-electron chi connectivity index (χ0n) is 11.0. The van der Waals surface area contributed by atoms with Gasteiger partial charge in [-0.25, -0.2) is 0 Å². The summed E-state index contributed by atoms with van der Waals surface area (Å²) in [7, 11) is 0. The van der Waals surface area contributed by atoms with Gasteiger partial charge in [0.15, 0.2) is 0 Å². The smallest absolute Gasteiger partial charge is 0.322 e. The van der Waals surface area contributed by atoms with Gasteiger partial charge in [0.05, 0.1) is 5.56 Å². The number of carbonyl (C=O) groups excluding carboxylic acids is 1. The first-order chi connectivity index (χ1) is 9.77. The average molecular weight is 358 g/mol. The Kier molecular flexibility index (Phi) is 4.37. The third-order valence-corrected chi connectivity index (χ3v) is 3.40. The van der Waals surface area contributed by atoms with Gasteiger partial charge in [-0.15, -0.1) is 0 Å². The highest BCUT2D eigenvalue weighted by atomic mass is 79.9. The van der Waals surface area contributed by atoms with E-state index in [0.29, 0.717) is 5.69 Å². The SMILES string of the molecule is Cc1cc(Br)ccc1NC(=O)c1ccc(C(F)(F)F)cc1. The first-order valence-corrected chi connectivity index (χ1v) is 6.81. The molecule has 0 atom stereocenters. The van der Waals surface area contributed by atoms with Gasteiger partial charge in [0.25, 0.3) is 5.91 Å². The van der Waals surface area contributed by atoms with Crippen LogP contribution in [-0.2, 0) is 6.18 Å². The molecule has 0 saturated heterocycles. The molecule has 0 radical (unpaired) electrons. The number of benzene rings is 2. The second kappa shape index (κ2) is 5.89. The minimum absolute atomic E-state index is 0.172. The fourth-order valence-electron chi connectivity index (χ4n) is 1.77. The van der Waals surface area contributed by atoms with Crippen LogP contribution >= 0.6 is 15.9 Å². The number of alkyl halides is 3. The molecule has 0 aliphatic rings. The van der Waals surface area contributed by atoms with Crippen LogP contribution in [0.5, 0.6) is 0 Å². The van der Waals surface area contributed by atoms with Crippen LogP contribution in [0.15, 0.2) is 46.9 Å². The fourth-order valence-corrected chi connectivity index (χ4v) is 2.25. The lowest BCUT2D eigenvalue weighted by atomic mass is 10.1. The van der Waals surface area contributed by atoms with Gasteiger partial charge >= 0.3 is 6.18 Å². The van der Waals surface area contributed by atoms with E-state index in [1.165, 1.54) is 0 Å². The molecule has 2 aromatic rings. The van der Waals surface area contributed by atoms with Crippen LogP contribution < -0.4 is 5.32 Å². The molecule has 0 bridgehead atoms. The zero-order chi connectivity index (χ0) is 15.6. The number of hydrogen-bond donors (Lipinski definition) is 1. The molecule has 0 heterocycles. The predicted octanol–water partition coefficient (Wildman–Crippen LogP) is 5.03. The summed E-state index contributed by atoms with van der Waals surface area (Å²) in [5.74, 6) is -0.450. The van der Waals surface area contributed by atoms with E-state index < -0.39 is 17.6 Å². The molecule has 6 heteroatoms. The molecule has 2 rings (SSSR count). The average Bonchev–Trinajstić information content (AvgIpc) is 2.41. The molecule has 0 aliphatic carbocycles. The summed E-state index contributed by atoms with van der Waals surface area (Å²) in [5.41, 5.74) is 0.858. The quantitative estimate of drug-likeness (QED) is 0.802. The monoisotopic (exact) mass is 357 g/mol. The van der Waals surface area contributed by atoms with Crippen molar-refractivity contribution in [3.63, 3.8) is 0 Å². The van der Waals surface area contributed by atoms with Crippen LogP contribution in [0.1, 0.15) is 21.5 Å². The van der Waals surface area contributed by atoms with Crippen molar-refractivity contribution in [2.45, 2.75) is 13.1 Å². The molecule has 110 valence electrons. The molecule has 2 nitrogen and oxygen atoms in total. The van der Waals surface area contributed by atoms with Gasteiger partial charge in [0, 0.05) is 15.7 Å². The van der Waals surface area contributed by atoms with Crippen molar-refractivity contribution in [1.29, 1.82) is 0 Å². The highest BCUT2D eigenvalue weighted by Gasteiger charge is 2.30. The third-order valence-electron chi connectivity index (χ3n) is 2.91. The Morgan fingerprint density at radius 2 is 1.71 bits per heavy atom. The molecule has 21 heavy (non-hydrogen) atoms. The van der Waals surface area contributed by atoms with Gasteiger partial charge in [0.1, 0.15) is 0 Å². The molecule has 0 unspecified atom stereocenters. The van der Waals surface area contributed by atoms with Gasteiger partial charge in [-0.2, -0.15) is 13.2 Å². The highest BCUT2D eigenvalue weighted by Crippen LogP contribution is 2.29. The van der Waals surface area contributed by atoms with Crippen LogP contribution in [0.4, 0.5) is 18.9 Å². The molecule has 0 aromatic heterocycles. The van der Waals surface area contributed by atoms with Gasteiger partial charge in [-0.05, 0) is 55.0 Å². The van der Waals surface area contributed by atoms with Crippen LogP contribution in [0.2, 0.25) is 0 Å². The van der Waals surface area contributed by atoms with Gasteiger partial charge in [-0.1, -0.05) is 15.9 Å². The molecule has 2 aromatic carbocycles. The Balaban J connectivity index is 2.17. The summed E-state index contributed by atoms with van der Waals surface area (Å²) in [6.45, 7) is 1.83. The highest BCUT2D eigenvalue weighted by molar-refractivity contribution is 9.10. The summed E-state index contributed by atoms with van der Waals surface area (Å²) in [6.07, 6.45) is -4.41. The number of nitrogens with one attached hydrogen (secondary N) is 1. The number of carbonyl (C=O) groups is 1. The first kappa shape index (κ1) is 15.6. The summed E-state index contributed by atoms with van der Waals surface area (Å²) in [6, 6.07) is 9.44. The summed E-state index contributed by atoms with van der Waals surface area (Å²) >= 11 is 3.31. The largest absolute Gasteiger partial charge is 0.416 e. The van der Waals surface area contributed by atoms with E-state index in [-0.39, 0.29) is 5.56 Å². The molecule has 0 aliphatic heterocycles. The summed E-state index contributed by atoms with van der Waals surface area (Å²) in [5, 5.41) is 2.67. The maximum absolute atomic E-state index is 12.5. The van der Waals surface area contributed by atoms with Crippen molar-refractivity contribution in [1.82, 2.24) is 0 Å². The van der Waals surface area contributed by atoms with Crippen molar-refractivity contribution in [2.75, 3.05) is 5.32 Å².